The second kappa shape index (κ2) is 6.08. The van der Waals surface area contributed by atoms with Gasteiger partial charge in [0.05, 0.1) is 16.9 Å². The summed E-state index contributed by atoms with van der Waals surface area (Å²) in [7, 11) is 0. The van der Waals surface area contributed by atoms with Crippen molar-refractivity contribution < 1.29 is 14.5 Å². The van der Waals surface area contributed by atoms with E-state index in [9.17, 15) is 14.9 Å². The Morgan fingerprint density at radius 2 is 1.92 bits per heavy atom. The number of esters is 1. The number of benzene rings is 1. The van der Waals surface area contributed by atoms with Crippen LogP contribution < -0.4 is 0 Å². The van der Waals surface area contributed by atoms with Crippen LogP contribution in [0.4, 0.5) is 5.69 Å². The highest BCUT2D eigenvalue weighted by molar-refractivity contribution is 9.10. The molecule has 4 bridgehead atoms. The Morgan fingerprint density at radius 1 is 1.24 bits per heavy atom. The Kier molecular flexibility index (Phi) is 4.13. The first-order valence-electron chi connectivity index (χ1n) is 8.93. The van der Waals surface area contributed by atoms with Gasteiger partial charge in [0.25, 0.3) is 5.69 Å². The summed E-state index contributed by atoms with van der Waals surface area (Å²) in [5, 5.41) is 11.1. The lowest BCUT2D eigenvalue weighted by Crippen LogP contribution is -2.53. The zero-order valence-electron chi connectivity index (χ0n) is 14.1. The van der Waals surface area contributed by atoms with E-state index in [2.05, 4.69) is 15.9 Å². The van der Waals surface area contributed by atoms with Crippen molar-refractivity contribution in [3.63, 3.8) is 0 Å². The number of rotatable bonds is 5. The number of alkyl halides is 1. The second-order valence-corrected chi connectivity index (χ2v) is 10.0. The number of halogens is 1. The topological polar surface area (TPSA) is 69.4 Å². The largest absolute Gasteiger partial charge is 0.461 e. The first-order chi connectivity index (χ1) is 11.9. The van der Waals surface area contributed by atoms with Crippen molar-refractivity contribution in [2.24, 2.45) is 17.3 Å². The van der Waals surface area contributed by atoms with Crippen LogP contribution >= 0.6 is 15.9 Å². The number of carbonyl (C=O) groups is 1. The number of para-hydroxylation sites is 1. The summed E-state index contributed by atoms with van der Waals surface area (Å²) in [6.07, 6.45) is 7.50. The van der Waals surface area contributed by atoms with Gasteiger partial charge in [-0.2, -0.15) is 0 Å². The lowest BCUT2D eigenvalue weighted by atomic mass is 9.49. The lowest BCUT2D eigenvalue weighted by Gasteiger charge is -2.60. The molecule has 6 heteroatoms. The van der Waals surface area contributed by atoms with E-state index in [1.165, 1.54) is 25.3 Å². The smallest absolute Gasteiger partial charge is 0.306 e. The highest BCUT2D eigenvalue weighted by Crippen LogP contribution is 2.65. The molecule has 0 radical (unpaired) electrons. The molecule has 0 heterocycles. The molecule has 4 aliphatic carbocycles. The Balaban J connectivity index is 1.41. The van der Waals surface area contributed by atoms with Crippen LogP contribution in [0.1, 0.15) is 50.5 Å². The summed E-state index contributed by atoms with van der Waals surface area (Å²) in [6, 6.07) is 6.43. The summed E-state index contributed by atoms with van der Waals surface area (Å²) < 4.78 is 5.65. The van der Waals surface area contributed by atoms with Crippen molar-refractivity contribution in [2.45, 2.75) is 55.9 Å². The number of carbonyl (C=O) groups excluding carboxylic acids is 1. The SMILES string of the molecule is O=C(CC12C[C@@H]3C[C@@H](CC(Br)(C3)C1)C2)OCc1ccccc1[N+](=O)[O-]. The minimum Gasteiger partial charge on any atom is -0.461 e. The van der Waals surface area contributed by atoms with E-state index in [0.717, 1.165) is 31.1 Å². The van der Waals surface area contributed by atoms with E-state index in [4.69, 9.17) is 4.74 Å². The van der Waals surface area contributed by atoms with Crippen LogP contribution in [0.5, 0.6) is 0 Å². The molecule has 4 saturated carbocycles. The predicted molar refractivity (Wildman–Crippen MR) is 96.3 cm³/mol. The van der Waals surface area contributed by atoms with E-state index < -0.39 is 4.92 Å². The fourth-order valence-corrected chi connectivity index (χ4v) is 7.38. The molecule has 1 aromatic rings. The Bertz CT molecular complexity index is 705. The van der Waals surface area contributed by atoms with Crippen LogP contribution in [0.25, 0.3) is 0 Å². The molecule has 4 fully saturated rings. The highest BCUT2D eigenvalue weighted by atomic mass is 79.9. The van der Waals surface area contributed by atoms with Crippen LogP contribution in [-0.2, 0) is 16.1 Å². The van der Waals surface area contributed by atoms with Gasteiger partial charge < -0.3 is 4.74 Å². The molecule has 2 unspecified atom stereocenters. The maximum atomic E-state index is 12.5. The van der Waals surface area contributed by atoms with Crippen molar-refractivity contribution in [2.75, 3.05) is 0 Å². The van der Waals surface area contributed by atoms with Gasteiger partial charge in [-0.25, -0.2) is 0 Å². The molecular formula is C19H22BrNO4. The van der Waals surface area contributed by atoms with Crippen molar-refractivity contribution >= 4 is 27.6 Å². The predicted octanol–water partition coefficient (Wildman–Crippen LogP) is 4.76. The molecule has 4 atom stereocenters. The fraction of sp³-hybridized carbons (Fsp3) is 0.632. The third kappa shape index (κ3) is 3.33. The van der Waals surface area contributed by atoms with Gasteiger partial charge in [-0.05, 0) is 61.8 Å². The van der Waals surface area contributed by atoms with Crippen molar-refractivity contribution in [3.05, 3.63) is 39.9 Å². The van der Waals surface area contributed by atoms with Gasteiger partial charge >= 0.3 is 5.97 Å². The van der Waals surface area contributed by atoms with Gasteiger partial charge in [-0.3, -0.25) is 14.9 Å². The van der Waals surface area contributed by atoms with Crippen LogP contribution in [0, 0.1) is 27.4 Å². The zero-order valence-corrected chi connectivity index (χ0v) is 15.7. The van der Waals surface area contributed by atoms with Crippen molar-refractivity contribution in [1.82, 2.24) is 0 Å². The number of nitro groups is 1. The Hall–Kier alpha value is -1.43. The minimum absolute atomic E-state index is 0.00418. The maximum Gasteiger partial charge on any atom is 0.306 e. The van der Waals surface area contributed by atoms with Gasteiger partial charge in [-0.15, -0.1) is 0 Å². The molecule has 0 saturated heterocycles. The van der Waals surface area contributed by atoms with Gasteiger partial charge in [-0.1, -0.05) is 28.1 Å². The average Bonchev–Trinajstić information content (AvgIpc) is 2.50. The van der Waals surface area contributed by atoms with Gasteiger partial charge in [0.1, 0.15) is 6.61 Å². The molecule has 5 rings (SSSR count). The third-order valence-corrected chi connectivity index (χ3v) is 7.14. The van der Waals surface area contributed by atoms with Crippen molar-refractivity contribution in [1.29, 1.82) is 0 Å². The monoisotopic (exact) mass is 407 g/mol. The van der Waals surface area contributed by atoms with E-state index in [1.54, 1.807) is 18.2 Å². The maximum absolute atomic E-state index is 12.5. The summed E-state index contributed by atoms with van der Waals surface area (Å²) >= 11 is 3.96. The number of hydrogen-bond donors (Lipinski definition) is 0. The molecule has 4 aliphatic rings. The highest BCUT2D eigenvalue weighted by Gasteiger charge is 2.57. The molecule has 0 aromatic heterocycles. The third-order valence-electron chi connectivity index (χ3n) is 6.21. The van der Waals surface area contributed by atoms with Crippen LogP contribution in [0.3, 0.4) is 0 Å². The average molecular weight is 408 g/mol. The van der Waals surface area contributed by atoms with E-state index >= 15 is 0 Å². The first-order valence-corrected chi connectivity index (χ1v) is 9.73. The molecule has 0 amide bonds. The van der Waals surface area contributed by atoms with Crippen LogP contribution in [0.15, 0.2) is 24.3 Å². The second-order valence-electron chi connectivity index (χ2n) is 8.34. The summed E-state index contributed by atoms with van der Waals surface area (Å²) in [5.74, 6) is 1.23. The quantitative estimate of drug-likeness (QED) is 0.305. The minimum atomic E-state index is -0.434. The molecule has 0 spiro atoms. The standard InChI is InChI=1S/C19H22BrNO4/c20-19-8-13-5-14(9-19)7-18(6-13,12-19)10-17(22)25-11-15-3-1-2-4-16(15)21(23)24/h1-4,13-14H,5-12H2/t13-,14+,18?,19?. The summed E-state index contributed by atoms with van der Waals surface area (Å²) in [4.78, 5) is 23.1. The number of ether oxygens (including phenoxy) is 1. The molecule has 5 nitrogen and oxygen atoms in total. The van der Waals surface area contributed by atoms with Crippen molar-refractivity contribution in [3.8, 4) is 0 Å². The Labute approximate surface area is 155 Å². The van der Waals surface area contributed by atoms with E-state index in [-0.39, 0.29) is 28.0 Å². The number of nitro benzene ring substituents is 1. The molecular weight excluding hydrogens is 386 g/mol. The molecule has 0 N–H and O–H groups in total. The summed E-state index contributed by atoms with van der Waals surface area (Å²) in [5.41, 5.74) is 0.514. The van der Waals surface area contributed by atoms with Gasteiger partial charge in [0, 0.05) is 10.4 Å². The number of hydrogen-bond acceptors (Lipinski definition) is 4. The fourth-order valence-electron chi connectivity index (χ4n) is 5.87. The van der Waals surface area contributed by atoms with E-state index in [0.29, 0.717) is 12.0 Å². The van der Waals surface area contributed by atoms with Crippen LogP contribution in [0.2, 0.25) is 0 Å². The normalized spacial score (nSPS) is 35.6. The molecule has 1 aromatic carbocycles. The van der Waals surface area contributed by atoms with Gasteiger partial charge in [0.2, 0.25) is 0 Å². The molecule has 0 aliphatic heterocycles. The molecule has 25 heavy (non-hydrogen) atoms. The first kappa shape index (κ1) is 17.0. The molecule has 134 valence electrons. The summed E-state index contributed by atoms with van der Waals surface area (Å²) in [6.45, 7) is -0.0294. The van der Waals surface area contributed by atoms with E-state index in [1.807, 2.05) is 0 Å². The Morgan fingerprint density at radius 3 is 2.56 bits per heavy atom. The van der Waals surface area contributed by atoms with Gasteiger partial charge in [0.15, 0.2) is 0 Å². The van der Waals surface area contributed by atoms with Crippen LogP contribution in [-0.4, -0.2) is 15.2 Å². The lowest BCUT2D eigenvalue weighted by molar-refractivity contribution is -0.385. The number of nitrogens with zero attached hydrogens (tertiary/aromatic N) is 1. The zero-order chi connectivity index (χ0) is 17.7.